The third-order valence-corrected chi connectivity index (χ3v) is 4.43. The molecule has 0 spiro atoms. The van der Waals surface area contributed by atoms with Crippen LogP contribution in [0, 0.1) is 5.92 Å². The fourth-order valence-corrected chi connectivity index (χ4v) is 3.38. The predicted molar refractivity (Wildman–Crippen MR) is 76.7 cm³/mol. The van der Waals surface area contributed by atoms with E-state index >= 15 is 0 Å². The van der Waals surface area contributed by atoms with Gasteiger partial charge < -0.3 is 14.6 Å². The lowest BCUT2D eigenvalue weighted by molar-refractivity contribution is 0.186. The van der Waals surface area contributed by atoms with Crippen LogP contribution in [0.25, 0.3) is 11.2 Å². The molecule has 2 atom stereocenters. The van der Waals surface area contributed by atoms with Gasteiger partial charge in [-0.3, -0.25) is 0 Å². The molecule has 5 heteroatoms. The average molecular weight is 272 g/mol. The highest BCUT2D eigenvalue weighted by Gasteiger charge is 2.26. The second-order valence-electron chi connectivity index (χ2n) is 5.82. The maximum Gasteiger partial charge on any atom is 0.160 e. The molecule has 2 saturated heterocycles. The second kappa shape index (κ2) is 5.14. The number of pyridine rings is 1. The lowest BCUT2D eigenvalue weighted by Crippen LogP contribution is -2.17. The molecule has 0 amide bonds. The van der Waals surface area contributed by atoms with Crippen molar-refractivity contribution in [2.24, 2.45) is 5.92 Å². The third-order valence-electron chi connectivity index (χ3n) is 4.43. The van der Waals surface area contributed by atoms with Gasteiger partial charge in [-0.1, -0.05) is 0 Å². The highest BCUT2D eigenvalue weighted by molar-refractivity contribution is 5.71. The van der Waals surface area contributed by atoms with Gasteiger partial charge in [0.1, 0.15) is 11.3 Å². The smallest absolute Gasteiger partial charge is 0.160 e. The van der Waals surface area contributed by atoms with Crippen LogP contribution in [0.2, 0.25) is 0 Å². The molecule has 0 aromatic carbocycles. The average Bonchev–Trinajstić information content (AvgIpc) is 3.18. The van der Waals surface area contributed by atoms with Gasteiger partial charge in [0.2, 0.25) is 0 Å². The van der Waals surface area contributed by atoms with Crippen molar-refractivity contribution in [2.45, 2.75) is 25.3 Å². The number of fused-ring (bicyclic) bond motifs is 1. The van der Waals surface area contributed by atoms with Gasteiger partial charge in [0.15, 0.2) is 5.65 Å². The molecule has 106 valence electrons. The number of imidazole rings is 1. The van der Waals surface area contributed by atoms with Crippen LogP contribution in [0.3, 0.4) is 0 Å². The standard InChI is InChI=1S/C15H20N4O/c1-2-13-15(17-5-1)19(12-4-7-20-10-12)14(18-13)8-11-3-6-16-9-11/h1-2,5,11-12,16H,3-4,6-10H2. The van der Waals surface area contributed by atoms with E-state index < -0.39 is 0 Å². The first-order valence-corrected chi connectivity index (χ1v) is 7.52. The van der Waals surface area contributed by atoms with Crippen LogP contribution in [-0.2, 0) is 11.2 Å². The topological polar surface area (TPSA) is 52.0 Å². The quantitative estimate of drug-likeness (QED) is 0.921. The summed E-state index contributed by atoms with van der Waals surface area (Å²) in [5, 5.41) is 3.44. The van der Waals surface area contributed by atoms with E-state index in [2.05, 4.69) is 20.9 Å². The van der Waals surface area contributed by atoms with E-state index in [4.69, 9.17) is 9.72 Å². The van der Waals surface area contributed by atoms with E-state index in [-0.39, 0.29) is 0 Å². The Morgan fingerprint density at radius 2 is 2.40 bits per heavy atom. The van der Waals surface area contributed by atoms with E-state index in [0.717, 1.165) is 50.3 Å². The molecule has 2 aromatic rings. The first-order valence-electron chi connectivity index (χ1n) is 7.52. The lowest BCUT2D eigenvalue weighted by atomic mass is 10.0. The fourth-order valence-electron chi connectivity index (χ4n) is 3.38. The number of nitrogens with zero attached hydrogens (tertiary/aromatic N) is 3. The van der Waals surface area contributed by atoms with Crippen molar-refractivity contribution in [2.75, 3.05) is 26.3 Å². The Balaban J connectivity index is 1.74. The summed E-state index contributed by atoms with van der Waals surface area (Å²) in [6.45, 7) is 3.88. The molecule has 1 N–H and O–H groups in total. The molecule has 2 aliphatic rings. The largest absolute Gasteiger partial charge is 0.379 e. The van der Waals surface area contributed by atoms with Crippen molar-refractivity contribution < 1.29 is 4.74 Å². The van der Waals surface area contributed by atoms with Crippen LogP contribution in [-0.4, -0.2) is 40.8 Å². The molecule has 0 radical (unpaired) electrons. The van der Waals surface area contributed by atoms with E-state index in [1.54, 1.807) is 0 Å². The number of ether oxygens (including phenoxy) is 1. The summed E-state index contributed by atoms with van der Waals surface area (Å²) in [4.78, 5) is 9.39. The Kier molecular flexibility index (Phi) is 3.16. The second-order valence-corrected chi connectivity index (χ2v) is 5.82. The molecule has 0 saturated carbocycles. The Hall–Kier alpha value is -1.46. The van der Waals surface area contributed by atoms with Gasteiger partial charge >= 0.3 is 0 Å². The van der Waals surface area contributed by atoms with Crippen molar-refractivity contribution in [3.8, 4) is 0 Å². The van der Waals surface area contributed by atoms with Crippen LogP contribution < -0.4 is 5.32 Å². The Morgan fingerprint density at radius 3 is 3.20 bits per heavy atom. The summed E-state index contributed by atoms with van der Waals surface area (Å²) < 4.78 is 7.90. The zero-order valence-electron chi connectivity index (χ0n) is 11.6. The molecule has 2 unspecified atom stereocenters. The molecule has 4 heterocycles. The van der Waals surface area contributed by atoms with Crippen molar-refractivity contribution in [3.05, 3.63) is 24.2 Å². The minimum Gasteiger partial charge on any atom is -0.379 e. The van der Waals surface area contributed by atoms with E-state index in [1.807, 2.05) is 12.3 Å². The molecule has 5 nitrogen and oxygen atoms in total. The fraction of sp³-hybridized carbons (Fsp3) is 0.600. The van der Waals surface area contributed by atoms with Crippen LogP contribution in [0.1, 0.15) is 24.7 Å². The normalized spacial score (nSPS) is 26.6. The molecule has 2 fully saturated rings. The number of rotatable bonds is 3. The molecule has 20 heavy (non-hydrogen) atoms. The number of aromatic nitrogens is 3. The Labute approximate surface area is 118 Å². The molecule has 2 aromatic heterocycles. The maximum atomic E-state index is 5.57. The zero-order valence-corrected chi connectivity index (χ0v) is 11.6. The molecule has 0 bridgehead atoms. The van der Waals surface area contributed by atoms with Crippen molar-refractivity contribution in [3.63, 3.8) is 0 Å². The van der Waals surface area contributed by atoms with Gasteiger partial charge in [0.05, 0.1) is 12.6 Å². The Morgan fingerprint density at radius 1 is 1.40 bits per heavy atom. The third kappa shape index (κ3) is 2.11. The number of nitrogens with one attached hydrogen (secondary N) is 1. The van der Waals surface area contributed by atoms with Gasteiger partial charge in [-0.2, -0.15) is 0 Å². The Bertz CT molecular complexity index is 597. The van der Waals surface area contributed by atoms with E-state index in [1.165, 1.54) is 12.2 Å². The summed E-state index contributed by atoms with van der Waals surface area (Å²) in [7, 11) is 0. The minimum absolute atomic E-state index is 0.402. The van der Waals surface area contributed by atoms with Crippen LogP contribution in [0.4, 0.5) is 0 Å². The summed E-state index contributed by atoms with van der Waals surface area (Å²) in [5.74, 6) is 1.88. The summed E-state index contributed by atoms with van der Waals surface area (Å²) >= 11 is 0. The molecule has 2 aliphatic heterocycles. The van der Waals surface area contributed by atoms with Crippen LogP contribution in [0.15, 0.2) is 18.3 Å². The van der Waals surface area contributed by atoms with Gasteiger partial charge in [-0.15, -0.1) is 0 Å². The summed E-state index contributed by atoms with van der Waals surface area (Å²) in [6, 6.07) is 4.43. The number of hydrogen-bond donors (Lipinski definition) is 1. The van der Waals surface area contributed by atoms with Crippen molar-refractivity contribution >= 4 is 11.2 Å². The molecule has 4 rings (SSSR count). The van der Waals surface area contributed by atoms with E-state index in [0.29, 0.717) is 12.0 Å². The van der Waals surface area contributed by atoms with Crippen LogP contribution in [0.5, 0.6) is 0 Å². The minimum atomic E-state index is 0.402. The summed E-state index contributed by atoms with van der Waals surface area (Å²) in [6.07, 6.45) is 5.22. The van der Waals surface area contributed by atoms with Gasteiger partial charge in [0.25, 0.3) is 0 Å². The van der Waals surface area contributed by atoms with Crippen LogP contribution >= 0.6 is 0 Å². The highest BCUT2D eigenvalue weighted by Crippen LogP contribution is 2.27. The van der Waals surface area contributed by atoms with Crippen molar-refractivity contribution in [1.82, 2.24) is 19.9 Å². The molecular weight excluding hydrogens is 252 g/mol. The summed E-state index contributed by atoms with van der Waals surface area (Å²) in [5.41, 5.74) is 2.03. The number of hydrogen-bond acceptors (Lipinski definition) is 4. The monoisotopic (exact) mass is 272 g/mol. The van der Waals surface area contributed by atoms with Gasteiger partial charge in [-0.25, -0.2) is 9.97 Å². The first-order chi connectivity index (χ1) is 9.92. The van der Waals surface area contributed by atoms with Gasteiger partial charge in [-0.05, 0) is 44.0 Å². The predicted octanol–water partition coefficient (Wildman–Crippen LogP) is 1.54. The van der Waals surface area contributed by atoms with Crippen molar-refractivity contribution in [1.29, 1.82) is 0 Å². The molecule has 0 aliphatic carbocycles. The van der Waals surface area contributed by atoms with Gasteiger partial charge in [0, 0.05) is 19.2 Å². The lowest BCUT2D eigenvalue weighted by Gasteiger charge is -2.16. The highest BCUT2D eigenvalue weighted by atomic mass is 16.5. The molecular formula is C15H20N4O. The zero-order chi connectivity index (χ0) is 13.4. The van der Waals surface area contributed by atoms with E-state index in [9.17, 15) is 0 Å². The maximum absolute atomic E-state index is 5.57. The first kappa shape index (κ1) is 12.3. The SMILES string of the molecule is c1cnc2c(c1)nc(CC1CCNC1)n2C1CCOC1.